The molecule has 7 heteroatoms. The second-order valence-corrected chi connectivity index (χ2v) is 11.2. The molecule has 2 aromatic carbocycles. The van der Waals surface area contributed by atoms with Gasteiger partial charge in [-0.25, -0.2) is 9.59 Å². The number of carbonyl (C=O) groups is 3. The maximum Gasteiger partial charge on any atom is 0.407 e. The average molecular weight is 565 g/mol. The Kier molecular flexibility index (Phi) is 14.2. The zero-order valence-electron chi connectivity index (χ0n) is 24.7. The van der Waals surface area contributed by atoms with Crippen molar-refractivity contribution in [3.05, 3.63) is 59.7 Å². The molecular formula is C34H48N2O5. The van der Waals surface area contributed by atoms with E-state index in [1.807, 2.05) is 36.4 Å². The molecule has 1 unspecified atom stereocenters. The topological polar surface area (TPSA) is 105 Å². The van der Waals surface area contributed by atoms with Crippen LogP contribution in [-0.2, 0) is 14.3 Å². The van der Waals surface area contributed by atoms with Crippen molar-refractivity contribution in [1.29, 1.82) is 0 Å². The summed E-state index contributed by atoms with van der Waals surface area (Å²) >= 11 is 0. The molecule has 1 aliphatic rings. The summed E-state index contributed by atoms with van der Waals surface area (Å²) in [6, 6.07) is 14.8. The van der Waals surface area contributed by atoms with Gasteiger partial charge in [-0.1, -0.05) is 133 Å². The lowest BCUT2D eigenvalue weighted by Crippen LogP contribution is -2.48. The summed E-state index contributed by atoms with van der Waals surface area (Å²) in [7, 11) is 0. The Morgan fingerprint density at radius 3 is 1.76 bits per heavy atom. The summed E-state index contributed by atoms with van der Waals surface area (Å²) in [5.74, 6) is -1.54. The molecule has 1 aliphatic carbocycles. The number of carboxylic acid groups (broad SMARTS) is 1. The van der Waals surface area contributed by atoms with Crippen LogP contribution >= 0.6 is 0 Å². The van der Waals surface area contributed by atoms with Crippen molar-refractivity contribution in [2.75, 3.05) is 13.2 Å². The third kappa shape index (κ3) is 10.9. The van der Waals surface area contributed by atoms with Crippen molar-refractivity contribution in [2.24, 2.45) is 0 Å². The average Bonchev–Trinajstić information content (AvgIpc) is 3.30. The zero-order chi connectivity index (χ0) is 29.3. The summed E-state index contributed by atoms with van der Waals surface area (Å²) in [5.41, 5.74) is 4.40. The van der Waals surface area contributed by atoms with Crippen LogP contribution in [0.1, 0.15) is 114 Å². The van der Waals surface area contributed by atoms with Gasteiger partial charge in [-0.3, -0.25) is 4.79 Å². The minimum atomic E-state index is -1.26. The highest BCUT2D eigenvalue weighted by atomic mass is 16.5. The number of hydrogen-bond donors (Lipinski definition) is 3. The van der Waals surface area contributed by atoms with Gasteiger partial charge in [-0.2, -0.15) is 0 Å². The summed E-state index contributed by atoms with van der Waals surface area (Å²) in [4.78, 5) is 36.4. The Hall–Kier alpha value is -3.35. The van der Waals surface area contributed by atoms with Gasteiger partial charge in [0.05, 0.1) is 0 Å². The smallest absolute Gasteiger partial charge is 0.407 e. The van der Waals surface area contributed by atoms with E-state index in [-0.39, 0.29) is 25.0 Å². The van der Waals surface area contributed by atoms with Gasteiger partial charge in [-0.15, -0.1) is 0 Å². The fraction of sp³-hybridized carbons (Fsp3) is 0.559. The van der Waals surface area contributed by atoms with Gasteiger partial charge in [0.15, 0.2) is 0 Å². The minimum Gasteiger partial charge on any atom is -0.480 e. The lowest BCUT2D eigenvalue weighted by atomic mass is 9.98. The highest BCUT2D eigenvalue weighted by molar-refractivity contribution is 5.82. The molecule has 0 bridgehead atoms. The van der Waals surface area contributed by atoms with Crippen LogP contribution in [0.3, 0.4) is 0 Å². The molecule has 0 fully saturated rings. The third-order valence-corrected chi connectivity index (χ3v) is 7.94. The number of carboxylic acids is 1. The second kappa shape index (κ2) is 18.2. The lowest BCUT2D eigenvalue weighted by molar-refractivity contribution is -0.139. The van der Waals surface area contributed by atoms with Crippen molar-refractivity contribution in [3.8, 4) is 11.1 Å². The molecule has 0 saturated carbocycles. The van der Waals surface area contributed by atoms with Crippen LogP contribution in [0.15, 0.2) is 48.5 Å². The Balaban J connectivity index is 1.27. The molecule has 2 aromatic rings. The number of nitrogens with one attached hydrogen (secondary N) is 2. The number of alkyl carbamates (subject to hydrolysis) is 1. The summed E-state index contributed by atoms with van der Waals surface area (Å²) in [6.07, 6.45) is 15.6. The van der Waals surface area contributed by atoms with Crippen molar-refractivity contribution in [1.82, 2.24) is 10.6 Å². The van der Waals surface area contributed by atoms with Crippen LogP contribution in [0.4, 0.5) is 4.79 Å². The second-order valence-electron chi connectivity index (χ2n) is 11.2. The molecule has 0 aliphatic heterocycles. The normalized spacial score (nSPS) is 12.8. The lowest BCUT2D eigenvalue weighted by Gasteiger charge is -2.18. The monoisotopic (exact) mass is 564 g/mol. The first-order valence-electron chi connectivity index (χ1n) is 15.6. The Labute approximate surface area is 245 Å². The fourth-order valence-electron chi connectivity index (χ4n) is 5.59. The van der Waals surface area contributed by atoms with E-state index >= 15 is 0 Å². The molecule has 0 spiro atoms. The minimum absolute atomic E-state index is 0.0948. The van der Waals surface area contributed by atoms with Gasteiger partial charge in [0.2, 0.25) is 5.91 Å². The number of fused-ring (bicyclic) bond motifs is 3. The van der Waals surface area contributed by atoms with Gasteiger partial charge >= 0.3 is 12.1 Å². The maximum absolute atomic E-state index is 12.5. The number of ether oxygens (including phenoxy) is 1. The molecule has 41 heavy (non-hydrogen) atoms. The van der Waals surface area contributed by atoms with Crippen LogP contribution < -0.4 is 10.6 Å². The van der Waals surface area contributed by atoms with E-state index in [9.17, 15) is 19.5 Å². The van der Waals surface area contributed by atoms with Crippen LogP contribution in [-0.4, -0.2) is 42.3 Å². The van der Waals surface area contributed by atoms with Gasteiger partial charge < -0.3 is 20.5 Å². The molecule has 0 saturated heterocycles. The van der Waals surface area contributed by atoms with Crippen LogP contribution in [0.2, 0.25) is 0 Å². The van der Waals surface area contributed by atoms with E-state index in [2.05, 4.69) is 29.7 Å². The van der Waals surface area contributed by atoms with E-state index in [0.717, 1.165) is 41.5 Å². The number of unbranched alkanes of at least 4 members (excludes halogenated alkanes) is 12. The van der Waals surface area contributed by atoms with E-state index in [0.29, 0.717) is 6.42 Å². The number of amides is 2. The van der Waals surface area contributed by atoms with Crippen molar-refractivity contribution in [3.63, 3.8) is 0 Å². The number of aliphatic carboxylic acids is 1. The number of carbonyl (C=O) groups excluding carboxylic acids is 2. The van der Waals surface area contributed by atoms with E-state index in [1.54, 1.807) is 0 Å². The maximum atomic E-state index is 12.5. The zero-order valence-corrected chi connectivity index (χ0v) is 24.7. The van der Waals surface area contributed by atoms with Gasteiger partial charge in [0.1, 0.15) is 12.6 Å². The van der Waals surface area contributed by atoms with Crippen LogP contribution in [0, 0.1) is 0 Å². The Bertz CT molecular complexity index is 1060. The molecule has 0 heterocycles. The standard InChI is InChI=1S/C34H48N2O5/c1-2-3-4-5-6-7-8-9-10-11-12-13-14-23-32(37)35-24-31(33(38)39)36-34(40)41-25-30-28-21-17-15-19-26(28)27-20-16-18-22-29(27)30/h15-22,30-31H,2-14,23-25H2,1H3,(H,35,37)(H,36,40)(H,38,39). The molecule has 7 nitrogen and oxygen atoms in total. The van der Waals surface area contributed by atoms with Crippen molar-refractivity contribution >= 4 is 18.0 Å². The highest BCUT2D eigenvalue weighted by Crippen LogP contribution is 2.44. The molecule has 224 valence electrons. The van der Waals surface area contributed by atoms with E-state index < -0.39 is 18.1 Å². The SMILES string of the molecule is CCCCCCCCCCCCCCCC(=O)NCC(NC(=O)OCC1c2ccccc2-c2ccccc21)C(=O)O. The van der Waals surface area contributed by atoms with Gasteiger partial charge in [-0.05, 0) is 28.7 Å². The first kappa shape index (κ1) is 32.2. The number of rotatable bonds is 20. The molecule has 0 aromatic heterocycles. The first-order valence-corrected chi connectivity index (χ1v) is 15.6. The van der Waals surface area contributed by atoms with Crippen molar-refractivity contribution < 1.29 is 24.2 Å². The first-order chi connectivity index (χ1) is 20.0. The summed E-state index contributed by atoms with van der Waals surface area (Å²) in [5, 5.41) is 14.6. The molecular weight excluding hydrogens is 516 g/mol. The predicted octanol–water partition coefficient (Wildman–Crippen LogP) is 7.58. The van der Waals surface area contributed by atoms with Crippen LogP contribution in [0.5, 0.6) is 0 Å². The molecule has 1 atom stereocenters. The number of hydrogen-bond acceptors (Lipinski definition) is 4. The fourth-order valence-corrected chi connectivity index (χ4v) is 5.59. The highest BCUT2D eigenvalue weighted by Gasteiger charge is 2.29. The quantitative estimate of drug-likeness (QED) is 0.144. The predicted molar refractivity (Wildman–Crippen MR) is 163 cm³/mol. The van der Waals surface area contributed by atoms with E-state index in [4.69, 9.17) is 4.74 Å². The van der Waals surface area contributed by atoms with E-state index in [1.165, 1.54) is 64.2 Å². The Morgan fingerprint density at radius 2 is 1.24 bits per heavy atom. The molecule has 3 N–H and O–H groups in total. The van der Waals surface area contributed by atoms with Gasteiger partial charge in [0.25, 0.3) is 0 Å². The van der Waals surface area contributed by atoms with Crippen molar-refractivity contribution in [2.45, 2.75) is 109 Å². The largest absolute Gasteiger partial charge is 0.480 e. The summed E-state index contributed by atoms with van der Waals surface area (Å²) in [6.45, 7) is 2.16. The Morgan fingerprint density at radius 1 is 0.756 bits per heavy atom. The molecule has 3 rings (SSSR count). The third-order valence-electron chi connectivity index (χ3n) is 7.94. The number of benzene rings is 2. The van der Waals surface area contributed by atoms with Gasteiger partial charge in [0, 0.05) is 18.9 Å². The van der Waals surface area contributed by atoms with Crippen LogP contribution in [0.25, 0.3) is 11.1 Å². The molecule has 2 amide bonds. The molecule has 0 radical (unpaired) electrons. The summed E-state index contributed by atoms with van der Waals surface area (Å²) < 4.78 is 5.45.